The number of hydrogen-bond acceptors (Lipinski definition) is 5. The number of ether oxygens (including phenoxy) is 2. The van der Waals surface area contributed by atoms with Crippen LogP contribution in [0, 0.1) is 51.2 Å². The highest BCUT2D eigenvalue weighted by molar-refractivity contribution is 5.82. The maximum atomic E-state index is 12.7. The molecule has 13 unspecified atom stereocenters. The Balaban J connectivity index is 1.22. The summed E-state index contributed by atoms with van der Waals surface area (Å²) >= 11 is 0. The molecular weight excluding hydrogens is 476 g/mol. The summed E-state index contributed by atoms with van der Waals surface area (Å²) in [5, 5.41) is 21.5. The van der Waals surface area contributed by atoms with Gasteiger partial charge in [-0.3, -0.25) is 4.79 Å². The van der Waals surface area contributed by atoms with Gasteiger partial charge in [-0.2, -0.15) is 0 Å². The predicted molar refractivity (Wildman–Crippen MR) is 145 cm³/mol. The fourth-order valence-corrected chi connectivity index (χ4v) is 11.5. The van der Waals surface area contributed by atoms with E-state index in [0.717, 1.165) is 25.7 Å². The summed E-state index contributed by atoms with van der Waals surface area (Å²) in [6.45, 7) is 12.3. The summed E-state index contributed by atoms with van der Waals surface area (Å²) in [6, 6.07) is 0. The van der Waals surface area contributed by atoms with Crippen molar-refractivity contribution in [3.63, 3.8) is 0 Å². The molecule has 0 aromatic rings. The summed E-state index contributed by atoms with van der Waals surface area (Å²) in [5.74, 6) is 3.05. The van der Waals surface area contributed by atoms with Crippen molar-refractivity contribution in [1.29, 1.82) is 0 Å². The third-order valence-corrected chi connectivity index (χ3v) is 13.8. The van der Waals surface area contributed by atoms with Crippen LogP contribution in [0.2, 0.25) is 0 Å². The van der Waals surface area contributed by atoms with Gasteiger partial charge >= 0.3 is 0 Å². The van der Waals surface area contributed by atoms with Crippen molar-refractivity contribution in [2.75, 3.05) is 0 Å². The van der Waals surface area contributed by atoms with Gasteiger partial charge < -0.3 is 19.7 Å². The number of Topliss-reactive ketones (excluding diaryl/α,β-unsaturated/α-hetero) is 1. The van der Waals surface area contributed by atoms with Crippen LogP contribution < -0.4 is 0 Å². The molecule has 0 amide bonds. The minimum atomic E-state index is -0.866. The maximum absolute atomic E-state index is 12.7. The summed E-state index contributed by atoms with van der Waals surface area (Å²) in [5.41, 5.74) is 2.72. The van der Waals surface area contributed by atoms with E-state index in [2.05, 4.69) is 40.7 Å². The zero-order valence-electron chi connectivity index (χ0n) is 24.2. The lowest BCUT2D eigenvalue weighted by Gasteiger charge is -2.66. The molecule has 7 aliphatic rings. The molecule has 5 nitrogen and oxygen atoms in total. The van der Waals surface area contributed by atoms with Crippen molar-refractivity contribution in [3.05, 3.63) is 11.6 Å². The highest BCUT2D eigenvalue weighted by Gasteiger charge is 2.64. The van der Waals surface area contributed by atoms with Gasteiger partial charge in [0.05, 0.1) is 6.10 Å². The first-order valence-corrected chi connectivity index (χ1v) is 15.8. The van der Waals surface area contributed by atoms with E-state index in [0.29, 0.717) is 40.3 Å². The Morgan fingerprint density at radius 2 is 1.71 bits per heavy atom. The van der Waals surface area contributed by atoms with E-state index in [1.165, 1.54) is 44.9 Å². The summed E-state index contributed by atoms with van der Waals surface area (Å²) < 4.78 is 11.7. The second-order valence-electron chi connectivity index (χ2n) is 16.1. The first-order valence-electron chi connectivity index (χ1n) is 15.8. The minimum Gasteiger partial charge on any atom is -0.388 e. The lowest BCUT2D eigenvalue weighted by molar-refractivity contribution is -0.166. The average molecular weight is 527 g/mol. The zero-order valence-corrected chi connectivity index (χ0v) is 24.2. The van der Waals surface area contributed by atoms with Gasteiger partial charge in [-0.15, -0.1) is 0 Å². The molecule has 5 aliphatic carbocycles. The van der Waals surface area contributed by atoms with Gasteiger partial charge in [0.1, 0.15) is 24.1 Å². The number of hydrogen-bond donors (Lipinski definition) is 2. The molecule has 0 bridgehead atoms. The molecule has 0 spiro atoms. The summed E-state index contributed by atoms with van der Waals surface area (Å²) in [4.78, 5) is 12.7. The van der Waals surface area contributed by atoms with E-state index < -0.39 is 12.2 Å². The van der Waals surface area contributed by atoms with Crippen molar-refractivity contribution in [3.8, 4) is 0 Å². The normalized spacial score (nSPS) is 56.9. The number of allylic oxidation sites excluding steroid dienone is 2. The van der Waals surface area contributed by atoms with Crippen molar-refractivity contribution in [1.82, 2.24) is 0 Å². The van der Waals surface area contributed by atoms with Crippen LogP contribution in [-0.4, -0.2) is 46.7 Å². The molecule has 0 aromatic heterocycles. The Kier molecular flexibility index (Phi) is 5.78. The van der Waals surface area contributed by atoms with Crippen LogP contribution >= 0.6 is 0 Å². The van der Waals surface area contributed by atoms with E-state index in [1.807, 2.05) is 0 Å². The lowest BCUT2D eigenvalue weighted by atomic mass is 9.38. The third-order valence-electron chi connectivity index (χ3n) is 13.8. The van der Waals surface area contributed by atoms with E-state index >= 15 is 0 Å². The lowest BCUT2D eigenvalue weighted by Crippen LogP contribution is -2.59. The SMILES string of the molecule is CC1C(=O)CCC2(C)C1CCC1(C)C3CCC4(CC5OC6OC6C(O)C5O)CCC(C)(C)CC4C3=CCC12. The largest absolute Gasteiger partial charge is 0.388 e. The molecule has 2 saturated heterocycles. The van der Waals surface area contributed by atoms with Crippen molar-refractivity contribution < 1.29 is 24.5 Å². The van der Waals surface area contributed by atoms with Gasteiger partial charge in [0.25, 0.3) is 0 Å². The predicted octanol–water partition coefficient (Wildman–Crippen LogP) is 5.81. The molecule has 2 N–H and O–H groups in total. The van der Waals surface area contributed by atoms with Crippen molar-refractivity contribution >= 4 is 5.78 Å². The van der Waals surface area contributed by atoms with Crippen molar-refractivity contribution in [2.24, 2.45) is 51.2 Å². The standard InChI is InChI=1S/C33H50O5/c1-18-20-8-11-32(5)21-9-13-33(17-24-26(35)27(36)28-29(37-24)38-28)15-14-30(2,3)16-22(33)19(21)6-7-25(32)31(20,4)12-10-23(18)34/h6,18,20-22,24-29,35-36H,7-17H2,1-5H3. The van der Waals surface area contributed by atoms with Gasteiger partial charge in [0, 0.05) is 12.3 Å². The van der Waals surface area contributed by atoms with Crippen LogP contribution in [0.15, 0.2) is 11.6 Å². The molecule has 38 heavy (non-hydrogen) atoms. The van der Waals surface area contributed by atoms with Gasteiger partial charge in [0.2, 0.25) is 0 Å². The number of carbonyl (C=O) groups excluding carboxylic acids is 1. The molecule has 5 heteroatoms. The topological polar surface area (TPSA) is 79.3 Å². The Morgan fingerprint density at radius 1 is 0.921 bits per heavy atom. The first-order chi connectivity index (χ1) is 17.9. The van der Waals surface area contributed by atoms with Gasteiger partial charge in [0.15, 0.2) is 6.29 Å². The number of carbonyl (C=O) groups is 1. The molecular formula is C33H50O5. The first kappa shape index (κ1) is 26.2. The van der Waals surface area contributed by atoms with Crippen LogP contribution in [0.3, 0.4) is 0 Å². The molecule has 4 saturated carbocycles. The van der Waals surface area contributed by atoms with Gasteiger partial charge in [-0.05, 0) is 110 Å². The number of aliphatic hydroxyl groups excluding tert-OH is 2. The van der Waals surface area contributed by atoms with Crippen LogP contribution in [0.25, 0.3) is 0 Å². The molecule has 2 heterocycles. The van der Waals surface area contributed by atoms with E-state index in [1.54, 1.807) is 5.57 Å². The highest BCUT2D eigenvalue weighted by atomic mass is 16.8. The maximum Gasteiger partial charge on any atom is 0.187 e. The fourth-order valence-electron chi connectivity index (χ4n) is 11.5. The van der Waals surface area contributed by atoms with Gasteiger partial charge in [-0.1, -0.05) is 46.3 Å². The van der Waals surface area contributed by atoms with Crippen LogP contribution in [0.4, 0.5) is 0 Å². The molecule has 0 aromatic carbocycles. The van der Waals surface area contributed by atoms with Crippen LogP contribution in [0.5, 0.6) is 0 Å². The quantitative estimate of drug-likeness (QED) is 0.351. The summed E-state index contributed by atoms with van der Waals surface area (Å²) in [6.07, 6.45) is 12.2. The number of rotatable bonds is 2. The van der Waals surface area contributed by atoms with Crippen molar-refractivity contribution in [2.45, 2.75) is 136 Å². The molecule has 2 aliphatic heterocycles. The third kappa shape index (κ3) is 3.59. The molecule has 212 valence electrons. The average Bonchev–Trinajstić information content (AvgIpc) is 3.64. The zero-order chi connectivity index (χ0) is 26.8. The number of epoxide rings is 1. The fraction of sp³-hybridized carbons (Fsp3) is 0.909. The number of aliphatic hydroxyl groups is 2. The Bertz CT molecular complexity index is 1030. The molecule has 7 rings (SSSR count). The van der Waals surface area contributed by atoms with Gasteiger partial charge in [-0.25, -0.2) is 0 Å². The smallest absolute Gasteiger partial charge is 0.187 e. The second kappa shape index (κ2) is 8.39. The Labute approximate surface area is 229 Å². The number of fused-ring (bicyclic) bond motifs is 8. The van der Waals surface area contributed by atoms with E-state index in [-0.39, 0.29) is 35.2 Å². The highest BCUT2D eigenvalue weighted by Crippen LogP contribution is 2.71. The number of ketones is 1. The second-order valence-corrected chi connectivity index (χ2v) is 16.1. The monoisotopic (exact) mass is 526 g/mol. The summed E-state index contributed by atoms with van der Waals surface area (Å²) in [7, 11) is 0. The molecule has 13 atom stereocenters. The Morgan fingerprint density at radius 3 is 2.50 bits per heavy atom. The van der Waals surface area contributed by atoms with Crippen LogP contribution in [-0.2, 0) is 14.3 Å². The minimum absolute atomic E-state index is 0.126. The van der Waals surface area contributed by atoms with E-state index in [4.69, 9.17) is 9.47 Å². The Hall–Kier alpha value is -0.750. The van der Waals surface area contributed by atoms with Crippen LogP contribution in [0.1, 0.15) is 105 Å². The molecule has 6 fully saturated rings. The molecule has 0 radical (unpaired) electrons. The van der Waals surface area contributed by atoms with E-state index in [9.17, 15) is 15.0 Å².